The molecule has 0 atom stereocenters. The summed E-state index contributed by atoms with van der Waals surface area (Å²) in [5, 5.41) is 14.8. The second-order valence-electron chi connectivity index (χ2n) is 6.09. The second-order valence-corrected chi connectivity index (χ2v) is 7.15. The monoisotopic (exact) mass is 406 g/mol. The summed E-state index contributed by atoms with van der Waals surface area (Å²) in [6, 6.07) is 5.64. The van der Waals surface area contributed by atoms with Gasteiger partial charge in [-0.1, -0.05) is 24.3 Å². The minimum Gasteiger partial charge on any atom is -0.493 e. The fourth-order valence-electron chi connectivity index (χ4n) is 2.50. The number of nitrogens with one attached hydrogen (secondary N) is 2. The van der Waals surface area contributed by atoms with Crippen LogP contribution in [-0.4, -0.2) is 42.8 Å². The van der Waals surface area contributed by atoms with Crippen LogP contribution in [0.25, 0.3) is 0 Å². The molecule has 2 N–H and O–H groups in total. The molecule has 0 bridgehead atoms. The number of carbonyl (C=O) groups excluding carboxylic acids is 2. The molecule has 0 aliphatic heterocycles. The molecule has 1 aromatic carbocycles. The first-order valence-electron chi connectivity index (χ1n) is 9.15. The maximum atomic E-state index is 11.9. The third kappa shape index (κ3) is 6.80. The van der Waals surface area contributed by atoms with Crippen LogP contribution in [-0.2, 0) is 22.4 Å². The van der Waals surface area contributed by atoms with E-state index >= 15 is 0 Å². The van der Waals surface area contributed by atoms with Gasteiger partial charge in [-0.2, -0.15) is 0 Å². The summed E-state index contributed by atoms with van der Waals surface area (Å²) in [6.07, 6.45) is 2.70. The molecular weight excluding hydrogens is 380 g/mol. The molecule has 2 amide bonds. The van der Waals surface area contributed by atoms with E-state index < -0.39 is 0 Å². The van der Waals surface area contributed by atoms with Crippen LogP contribution in [0.2, 0.25) is 0 Å². The average molecular weight is 407 g/mol. The van der Waals surface area contributed by atoms with Crippen molar-refractivity contribution in [1.82, 2.24) is 15.5 Å². The van der Waals surface area contributed by atoms with Crippen LogP contribution in [0.3, 0.4) is 0 Å². The Labute approximate surface area is 168 Å². The van der Waals surface area contributed by atoms with E-state index in [0.717, 1.165) is 23.4 Å². The number of nitrogens with zero attached hydrogens (tertiary/aromatic N) is 2. The highest BCUT2D eigenvalue weighted by molar-refractivity contribution is 7.15. The Morgan fingerprint density at radius 1 is 1.04 bits per heavy atom. The Morgan fingerprint density at radius 3 is 2.50 bits per heavy atom. The molecule has 0 fully saturated rings. The zero-order valence-corrected chi connectivity index (χ0v) is 17.2. The number of anilines is 1. The predicted octanol–water partition coefficient (Wildman–Crippen LogP) is 2.59. The zero-order chi connectivity index (χ0) is 20.4. The fourth-order valence-corrected chi connectivity index (χ4v) is 3.36. The van der Waals surface area contributed by atoms with Crippen molar-refractivity contribution in [3.8, 4) is 11.5 Å². The number of carbonyl (C=O) groups is 2. The van der Waals surface area contributed by atoms with Gasteiger partial charge in [-0.05, 0) is 30.5 Å². The van der Waals surface area contributed by atoms with E-state index in [1.54, 1.807) is 14.2 Å². The maximum absolute atomic E-state index is 11.9. The summed E-state index contributed by atoms with van der Waals surface area (Å²) in [5.74, 6) is 0.911. The Bertz CT molecular complexity index is 794. The van der Waals surface area contributed by atoms with Crippen molar-refractivity contribution < 1.29 is 19.1 Å². The number of rotatable bonds is 11. The summed E-state index contributed by atoms with van der Waals surface area (Å²) in [4.78, 5) is 23.9. The van der Waals surface area contributed by atoms with E-state index in [1.807, 2.05) is 18.2 Å². The van der Waals surface area contributed by atoms with Crippen LogP contribution in [0.1, 0.15) is 36.8 Å². The molecule has 0 aliphatic carbocycles. The molecular formula is C19H26N4O4S. The number of ether oxygens (including phenoxy) is 2. The molecule has 152 valence electrons. The van der Waals surface area contributed by atoms with Gasteiger partial charge in [0.25, 0.3) is 0 Å². The SMILES string of the molecule is CCCc1nnc(NC(=O)CCC(=O)NCCc2ccc(OC)c(OC)c2)s1. The lowest BCUT2D eigenvalue weighted by Crippen LogP contribution is -2.26. The summed E-state index contributed by atoms with van der Waals surface area (Å²) < 4.78 is 10.5. The lowest BCUT2D eigenvalue weighted by Gasteiger charge is -2.10. The van der Waals surface area contributed by atoms with Gasteiger partial charge in [0.1, 0.15) is 5.01 Å². The van der Waals surface area contributed by atoms with E-state index in [0.29, 0.717) is 29.6 Å². The number of hydrogen-bond donors (Lipinski definition) is 2. The Morgan fingerprint density at radius 2 is 1.79 bits per heavy atom. The van der Waals surface area contributed by atoms with Crippen LogP contribution in [0, 0.1) is 0 Å². The topological polar surface area (TPSA) is 102 Å². The molecule has 0 unspecified atom stereocenters. The first-order valence-corrected chi connectivity index (χ1v) is 9.97. The summed E-state index contributed by atoms with van der Waals surface area (Å²) in [5.41, 5.74) is 1.02. The zero-order valence-electron chi connectivity index (χ0n) is 16.4. The van der Waals surface area contributed by atoms with E-state index in [4.69, 9.17) is 9.47 Å². The number of aryl methyl sites for hydroxylation is 1. The van der Waals surface area contributed by atoms with Crippen molar-refractivity contribution in [3.05, 3.63) is 28.8 Å². The van der Waals surface area contributed by atoms with Gasteiger partial charge in [-0.15, -0.1) is 10.2 Å². The minimum atomic E-state index is -0.241. The first kappa shape index (κ1) is 21.6. The highest BCUT2D eigenvalue weighted by Gasteiger charge is 2.10. The van der Waals surface area contributed by atoms with Crippen molar-refractivity contribution in [2.45, 2.75) is 39.0 Å². The van der Waals surface area contributed by atoms with Gasteiger partial charge >= 0.3 is 0 Å². The molecule has 1 aromatic heterocycles. The summed E-state index contributed by atoms with van der Waals surface area (Å²) in [6.45, 7) is 2.54. The van der Waals surface area contributed by atoms with Gasteiger partial charge in [0, 0.05) is 25.8 Å². The lowest BCUT2D eigenvalue weighted by molar-refractivity contribution is -0.124. The standard InChI is InChI=1S/C19H26N4O4S/c1-4-5-18-22-23-19(28-18)21-17(25)9-8-16(24)20-11-10-13-6-7-14(26-2)15(12-13)27-3/h6-7,12H,4-5,8-11H2,1-3H3,(H,20,24)(H,21,23,25). The van der Waals surface area contributed by atoms with E-state index in [1.165, 1.54) is 11.3 Å². The number of benzene rings is 1. The Kier molecular flexibility index (Phi) is 8.67. The number of hydrogen-bond acceptors (Lipinski definition) is 7. The molecule has 28 heavy (non-hydrogen) atoms. The van der Waals surface area contributed by atoms with Gasteiger partial charge in [0.05, 0.1) is 14.2 Å². The van der Waals surface area contributed by atoms with Crippen molar-refractivity contribution >= 4 is 28.3 Å². The molecule has 0 radical (unpaired) electrons. The van der Waals surface area contributed by atoms with Crippen LogP contribution < -0.4 is 20.1 Å². The highest BCUT2D eigenvalue weighted by atomic mass is 32.1. The Balaban J connectivity index is 1.68. The van der Waals surface area contributed by atoms with Crippen molar-refractivity contribution in [1.29, 1.82) is 0 Å². The number of amides is 2. The van der Waals surface area contributed by atoms with Gasteiger partial charge in [0.2, 0.25) is 16.9 Å². The molecule has 2 aromatic rings. The molecule has 0 aliphatic rings. The maximum Gasteiger partial charge on any atom is 0.226 e. The van der Waals surface area contributed by atoms with Crippen LogP contribution in [0.5, 0.6) is 11.5 Å². The second kappa shape index (κ2) is 11.2. The van der Waals surface area contributed by atoms with Crippen LogP contribution in [0.15, 0.2) is 18.2 Å². The van der Waals surface area contributed by atoms with Crippen molar-refractivity contribution in [2.75, 3.05) is 26.1 Å². The molecule has 9 heteroatoms. The highest BCUT2D eigenvalue weighted by Crippen LogP contribution is 2.27. The van der Waals surface area contributed by atoms with Gasteiger partial charge in [0.15, 0.2) is 11.5 Å². The average Bonchev–Trinajstić information content (AvgIpc) is 3.13. The smallest absolute Gasteiger partial charge is 0.226 e. The summed E-state index contributed by atoms with van der Waals surface area (Å²) in [7, 11) is 3.17. The fraction of sp³-hybridized carbons (Fsp3) is 0.474. The molecule has 2 rings (SSSR count). The molecule has 0 saturated carbocycles. The van der Waals surface area contributed by atoms with Crippen molar-refractivity contribution in [2.24, 2.45) is 0 Å². The van der Waals surface area contributed by atoms with Gasteiger partial charge in [-0.3, -0.25) is 9.59 Å². The van der Waals surface area contributed by atoms with Gasteiger partial charge in [-0.25, -0.2) is 0 Å². The van der Waals surface area contributed by atoms with Crippen molar-refractivity contribution in [3.63, 3.8) is 0 Å². The van der Waals surface area contributed by atoms with Crippen LogP contribution in [0.4, 0.5) is 5.13 Å². The molecule has 1 heterocycles. The predicted molar refractivity (Wildman–Crippen MR) is 108 cm³/mol. The number of aromatic nitrogens is 2. The molecule has 0 spiro atoms. The normalized spacial score (nSPS) is 10.4. The van der Waals surface area contributed by atoms with Crippen LogP contribution >= 0.6 is 11.3 Å². The lowest BCUT2D eigenvalue weighted by atomic mass is 10.1. The van der Waals surface area contributed by atoms with E-state index in [9.17, 15) is 9.59 Å². The number of methoxy groups -OCH3 is 2. The first-order chi connectivity index (χ1) is 13.5. The summed E-state index contributed by atoms with van der Waals surface area (Å²) >= 11 is 1.36. The Hall–Kier alpha value is -2.68. The minimum absolute atomic E-state index is 0.102. The van der Waals surface area contributed by atoms with E-state index in [2.05, 4.69) is 27.8 Å². The van der Waals surface area contributed by atoms with E-state index in [-0.39, 0.29) is 24.7 Å². The molecule has 0 saturated heterocycles. The molecule has 8 nitrogen and oxygen atoms in total. The third-order valence-electron chi connectivity index (χ3n) is 3.94. The quantitative estimate of drug-likeness (QED) is 0.595. The van der Waals surface area contributed by atoms with Gasteiger partial charge < -0.3 is 20.1 Å². The largest absolute Gasteiger partial charge is 0.493 e. The third-order valence-corrected chi connectivity index (χ3v) is 4.84.